The largest absolute Gasteiger partial charge is 0.497 e. The molecule has 2 aromatic rings. The lowest BCUT2D eigenvalue weighted by Gasteiger charge is -2.34. The van der Waals surface area contributed by atoms with E-state index in [1.54, 1.807) is 13.2 Å². The maximum Gasteiger partial charge on any atom is 0.238 e. The van der Waals surface area contributed by atoms with Crippen molar-refractivity contribution in [2.24, 2.45) is 0 Å². The van der Waals surface area contributed by atoms with E-state index in [0.29, 0.717) is 43.0 Å². The minimum Gasteiger partial charge on any atom is -0.497 e. The van der Waals surface area contributed by atoms with E-state index in [1.165, 1.54) is 0 Å². The number of aryl methyl sites for hydroxylation is 2. The Morgan fingerprint density at radius 2 is 1.91 bits per heavy atom. The van der Waals surface area contributed by atoms with Gasteiger partial charge in [-0.3, -0.25) is 9.69 Å². The molecule has 3 N–H and O–H groups in total. The Bertz CT molecular complexity index is 970. The van der Waals surface area contributed by atoms with Crippen LogP contribution in [0.15, 0.2) is 36.4 Å². The molecule has 2 aliphatic heterocycles. The molecule has 2 unspecified atom stereocenters. The number of rotatable bonds is 8. The van der Waals surface area contributed by atoms with Gasteiger partial charge in [-0.1, -0.05) is 18.2 Å². The third kappa shape index (κ3) is 6.00. The quantitative estimate of drug-likeness (QED) is 0.547. The highest BCUT2D eigenvalue weighted by Crippen LogP contribution is 2.35. The van der Waals surface area contributed by atoms with Gasteiger partial charge in [0.25, 0.3) is 0 Å². The lowest BCUT2D eigenvalue weighted by Crippen LogP contribution is -2.50. The maximum absolute atomic E-state index is 12.5. The van der Waals surface area contributed by atoms with E-state index >= 15 is 0 Å². The Labute approximate surface area is 201 Å². The first-order valence-electron chi connectivity index (χ1n) is 11.9. The van der Waals surface area contributed by atoms with Crippen LogP contribution < -0.4 is 24.8 Å². The summed E-state index contributed by atoms with van der Waals surface area (Å²) in [5.41, 5.74) is 3.06. The fraction of sp³-hybridized carbons (Fsp3) is 0.500. The van der Waals surface area contributed by atoms with Crippen LogP contribution in [0.3, 0.4) is 0 Å². The van der Waals surface area contributed by atoms with Gasteiger partial charge in [0.2, 0.25) is 5.91 Å². The summed E-state index contributed by atoms with van der Waals surface area (Å²) in [6.45, 7) is 6.80. The monoisotopic (exact) mass is 469 g/mol. The zero-order valence-electron chi connectivity index (χ0n) is 20.2. The number of carbonyl (C=O) groups excluding carboxylic acids is 1. The molecule has 0 radical (unpaired) electrons. The second-order valence-electron chi connectivity index (χ2n) is 9.12. The number of aliphatic hydroxyl groups is 1. The first-order chi connectivity index (χ1) is 16.4. The molecule has 0 bridgehead atoms. The minimum absolute atomic E-state index is 0.0191. The summed E-state index contributed by atoms with van der Waals surface area (Å²) in [4.78, 5) is 14.7. The molecule has 0 aliphatic carbocycles. The molecule has 2 aromatic carbocycles. The average molecular weight is 470 g/mol. The van der Waals surface area contributed by atoms with Gasteiger partial charge in [0.05, 0.1) is 13.7 Å². The van der Waals surface area contributed by atoms with Gasteiger partial charge >= 0.3 is 0 Å². The highest BCUT2D eigenvalue weighted by Gasteiger charge is 2.29. The molecular weight excluding hydrogens is 434 g/mol. The number of benzene rings is 2. The van der Waals surface area contributed by atoms with E-state index in [1.807, 2.05) is 44.2 Å². The summed E-state index contributed by atoms with van der Waals surface area (Å²) in [6.07, 6.45) is 0.706. The third-order valence-electron chi connectivity index (χ3n) is 6.58. The van der Waals surface area contributed by atoms with Crippen molar-refractivity contribution in [2.75, 3.05) is 45.2 Å². The molecule has 0 aromatic heterocycles. The van der Waals surface area contributed by atoms with Gasteiger partial charge in [0, 0.05) is 37.4 Å². The number of fused-ring (bicyclic) bond motifs is 1. The van der Waals surface area contributed by atoms with E-state index in [9.17, 15) is 9.90 Å². The second kappa shape index (κ2) is 11.1. The number of carbonyl (C=O) groups is 1. The van der Waals surface area contributed by atoms with Gasteiger partial charge in [-0.05, 0) is 49.9 Å². The molecule has 2 aliphatic rings. The van der Waals surface area contributed by atoms with Gasteiger partial charge in [-0.15, -0.1) is 0 Å². The molecule has 0 saturated carbocycles. The molecule has 0 spiro atoms. The highest BCUT2D eigenvalue weighted by molar-refractivity contribution is 5.93. The summed E-state index contributed by atoms with van der Waals surface area (Å²) >= 11 is 0. The number of nitrogens with zero attached hydrogens (tertiary/aromatic N) is 1. The van der Waals surface area contributed by atoms with Gasteiger partial charge in [0.1, 0.15) is 18.5 Å². The Balaban J connectivity index is 1.18. The first kappa shape index (κ1) is 24.3. The third-order valence-corrected chi connectivity index (χ3v) is 6.58. The summed E-state index contributed by atoms with van der Waals surface area (Å²) in [5.74, 6) is 1.95. The predicted octanol–water partition coefficient (Wildman–Crippen LogP) is 2.51. The van der Waals surface area contributed by atoms with E-state index in [4.69, 9.17) is 14.2 Å². The zero-order valence-corrected chi connectivity index (χ0v) is 20.2. The molecule has 1 amide bonds. The van der Waals surface area contributed by atoms with Crippen molar-refractivity contribution in [2.45, 2.75) is 44.9 Å². The van der Waals surface area contributed by atoms with E-state index in [0.717, 1.165) is 42.7 Å². The molecular formula is C26H35N3O5. The van der Waals surface area contributed by atoms with E-state index < -0.39 is 12.2 Å². The van der Waals surface area contributed by atoms with E-state index in [-0.39, 0.29) is 5.91 Å². The van der Waals surface area contributed by atoms with Crippen molar-refractivity contribution in [1.82, 2.24) is 10.2 Å². The highest BCUT2D eigenvalue weighted by atomic mass is 16.6. The van der Waals surface area contributed by atoms with Crippen molar-refractivity contribution < 1.29 is 24.1 Å². The van der Waals surface area contributed by atoms with Crippen LogP contribution in [0, 0.1) is 13.8 Å². The normalized spacial score (nSPS) is 19.5. The van der Waals surface area contributed by atoms with Crippen LogP contribution in [0.5, 0.6) is 17.2 Å². The maximum atomic E-state index is 12.5. The van der Waals surface area contributed by atoms with E-state index in [2.05, 4.69) is 15.5 Å². The average Bonchev–Trinajstić information content (AvgIpc) is 2.85. The van der Waals surface area contributed by atoms with Crippen molar-refractivity contribution in [3.05, 3.63) is 47.5 Å². The van der Waals surface area contributed by atoms with Crippen LogP contribution in [-0.4, -0.2) is 74.1 Å². The summed E-state index contributed by atoms with van der Waals surface area (Å²) in [5, 5.41) is 17.2. The number of anilines is 1. The number of hydrogen-bond donors (Lipinski definition) is 3. The fourth-order valence-corrected chi connectivity index (χ4v) is 4.49. The van der Waals surface area contributed by atoms with Crippen LogP contribution in [-0.2, 0) is 4.79 Å². The van der Waals surface area contributed by atoms with Crippen molar-refractivity contribution in [3.63, 3.8) is 0 Å². The summed E-state index contributed by atoms with van der Waals surface area (Å²) in [6, 6.07) is 11.7. The van der Waals surface area contributed by atoms with Crippen LogP contribution in [0.1, 0.15) is 24.0 Å². The van der Waals surface area contributed by atoms with Crippen LogP contribution in [0.25, 0.3) is 0 Å². The topological polar surface area (TPSA) is 92.3 Å². The lowest BCUT2D eigenvalue weighted by atomic mass is 10.0. The van der Waals surface area contributed by atoms with Crippen molar-refractivity contribution in [1.29, 1.82) is 0 Å². The Kier molecular flexibility index (Phi) is 7.92. The molecule has 2 atom stereocenters. The molecule has 34 heavy (non-hydrogen) atoms. The number of hydrogen-bond acceptors (Lipinski definition) is 7. The van der Waals surface area contributed by atoms with Gasteiger partial charge in [-0.25, -0.2) is 0 Å². The Hall–Kier alpha value is -2.81. The summed E-state index contributed by atoms with van der Waals surface area (Å²) < 4.78 is 16.9. The smallest absolute Gasteiger partial charge is 0.238 e. The number of para-hydroxylation sites is 1. The van der Waals surface area contributed by atoms with Gasteiger partial charge in [0.15, 0.2) is 17.6 Å². The number of ether oxygens (including phenoxy) is 3. The molecule has 1 fully saturated rings. The molecule has 1 saturated heterocycles. The number of methoxy groups -OCH3 is 1. The molecule has 8 heteroatoms. The summed E-state index contributed by atoms with van der Waals surface area (Å²) in [7, 11) is 1.60. The van der Waals surface area contributed by atoms with Gasteiger partial charge in [-0.2, -0.15) is 0 Å². The number of aliphatic hydroxyl groups excluding tert-OH is 1. The number of nitrogens with one attached hydrogen (secondary N) is 2. The van der Waals surface area contributed by atoms with Gasteiger partial charge < -0.3 is 30.0 Å². The SMILES string of the molecule is COc1ccc2c(c1)OC(C(O)CNC1CCN(CC(=O)Nc3c(C)cccc3C)CC1)CO2. The number of piperidine rings is 1. The second-order valence-corrected chi connectivity index (χ2v) is 9.12. The van der Waals surface area contributed by atoms with Crippen molar-refractivity contribution >= 4 is 11.6 Å². The molecule has 184 valence electrons. The molecule has 2 heterocycles. The van der Waals surface area contributed by atoms with Crippen molar-refractivity contribution in [3.8, 4) is 17.2 Å². The molecule has 4 rings (SSSR count). The zero-order chi connectivity index (χ0) is 24.1. The predicted molar refractivity (Wildman–Crippen MR) is 131 cm³/mol. The lowest BCUT2D eigenvalue weighted by molar-refractivity contribution is -0.117. The van der Waals surface area contributed by atoms with Crippen LogP contribution in [0.2, 0.25) is 0 Å². The number of likely N-dealkylation sites (tertiary alicyclic amines) is 1. The Morgan fingerprint density at radius 1 is 1.18 bits per heavy atom. The fourth-order valence-electron chi connectivity index (χ4n) is 4.49. The molecule has 8 nitrogen and oxygen atoms in total. The number of amides is 1. The first-order valence-corrected chi connectivity index (χ1v) is 11.9. The van der Waals surface area contributed by atoms with Crippen LogP contribution in [0.4, 0.5) is 5.69 Å². The van der Waals surface area contributed by atoms with Crippen LogP contribution >= 0.6 is 0 Å². The minimum atomic E-state index is -0.694. The standard InChI is InChI=1S/C26H35N3O5/c1-17-5-4-6-18(2)26(17)28-25(31)15-29-11-9-19(10-12-29)27-14-21(30)24-16-33-22-8-7-20(32-3)13-23(22)34-24/h4-8,13,19,21,24,27,30H,9-12,14-16H2,1-3H3,(H,28,31). The Morgan fingerprint density at radius 3 is 2.62 bits per heavy atom.